The van der Waals surface area contributed by atoms with Gasteiger partial charge in [-0.2, -0.15) is 0 Å². The third kappa shape index (κ3) is 3.25. The molecule has 1 aromatic heterocycles. The Bertz CT molecular complexity index is 288. The Kier molecular flexibility index (Phi) is 3.46. The zero-order valence-electron chi connectivity index (χ0n) is 7.70. The Labute approximate surface area is 77.9 Å². The van der Waals surface area contributed by atoms with Gasteiger partial charge in [0.05, 0.1) is 5.69 Å². The van der Waals surface area contributed by atoms with Gasteiger partial charge in [0.25, 0.3) is 0 Å². The fraction of sp³-hybridized carbons (Fsp3) is 0.300. The van der Waals surface area contributed by atoms with Crippen molar-refractivity contribution in [3.05, 3.63) is 29.5 Å². The van der Waals surface area contributed by atoms with Crippen molar-refractivity contribution in [2.24, 2.45) is 0 Å². The van der Waals surface area contributed by atoms with E-state index in [0.29, 0.717) is 12.2 Å². The molecule has 0 radical (unpaired) electrons. The lowest BCUT2D eigenvalue weighted by Gasteiger charge is -1.98. The van der Waals surface area contributed by atoms with Crippen LogP contribution < -0.4 is 5.73 Å². The van der Waals surface area contributed by atoms with Crippen LogP contribution in [0.4, 0.5) is 5.82 Å². The molecule has 3 heteroatoms. The van der Waals surface area contributed by atoms with Crippen LogP contribution in [-0.4, -0.2) is 16.7 Å². The van der Waals surface area contributed by atoms with Crippen molar-refractivity contribution < 1.29 is 5.11 Å². The summed E-state index contributed by atoms with van der Waals surface area (Å²) in [6.45, 7) is 2.14. The maximum Gasteiger partial charge on any atom is 0.124 e. The number of anilines is 1. The predicted octanol–water partition coefficient (Wildman–Crippen LogP) is 1.37. The highest BCUT2D eigenvalue weighted by atomic mass is 16.2. The monoisotopic (exact) mass is 178 g/mol. The van der Waals surface area contributed by atoms with Crippen molar-refractivity contribution in [2.45, 2.75) is 13.3 Å². The number of rotatable bonds is 3. The molecule has 0 bridgehead atoms. The summed E-state index contributed by atoms with van der Waals surface area (Å²) in [5.74, 6) is 0.531. The number of nitrogen functional groups attached to an aromatic ring is 1. The molecule has 0 atom stereocenters. The van der Waals surface area contributed by atoms with Gasteiger partial charge in [-0.05, 0) is 37.1 Å². The summed E-state index contributed by atoms with van der Waals surface area (Å²) in [4.78, 5) is 4.12. The zero-order valence-corrected chi connectivity index (χ0v) is 7.70. The Balaban J connectivity index is 2.77. The minimum absolute atomic E-state index is 0.164. The molecule has 1 heterocycles. The van der Waals surface area contributed by atoms with E-state index in [9.17, 15) is 0 Å². The van der Waals surface area contributed by atoms with Crippen LogP contribution >= 0.6 is 0 Å². The van der Waals surface area contributed by atoms with E-state index in [-0.39, 0.29) is 6.61 Å². The van der Waals surface area contributed by atoms with E-state index in [1.807, 2.05) is 31.2 Å². The predicted molar refractivity (Wildman–Crippen MR) is 54.1 cm³/mol. The number of hydrogen-bond donors (Lipinski definition) is 2. The van der Waals surface area contributed by atoms with Crippen LogP contribution in [0.5, 0.6) is 0 Å². The molecule has 0 aliphatic carbocycles. The third-order valence-corrected chi connectivity index (χ3v) is 1.59. The second-order valence-corrected chi connectivity index (χ2v) is 2.91. The summed E-state index contributed by atoms with van der Waals surface area (Å²) >= 11 is 0. The van der Waals surface area contributed by atoms with Gasteiger partial charge in [0, 0.05) is 6.61 Å². The van der Waals surface area contributed by atoms with Gasteiger partial charge in [-0.15, -0.1) is 0 Å². The lowest BCUT2D eigenvalue weighted by atomic mass is 10.2. The van der Waals surface area contributed by atoms with Crippen LogP contribution in [0.15, 0.2) is 18.2 Å². The Morgan fingerprint density at radius 3 is 2.92 bits per heavy atom. The molecule has 0 saturated carbocycles. The molecule has 0 amide bonds. The first-order chi connectivity index (χ1) is 6.22. The van der Waals surface area contributed by atoms with E-state index in [2.05, 4.69) is 4.98 Å². The van der Waals surface area contributed by atoms with E-state index < -0.39 is 0 Å². The van der Waals surface area contributed by atoms with E-state index in [1.54, 1.807) is 0 Å². The van der Waals surface area contributed by atoms with E-state index in [4.69, 9.17) is 10.8 Å². The highest BCUT2D eigenvalue weighted by Crippen LogP contribution is 2.07. The SMILES string of the molecule is Cc1cc(N)nc(C=CCCO)c1. The van der Waals surface area contributed by atoms with Crippen molar-refractivity contribution in [1.82, 2.24) is 4.98 Å². The van der Waals surface area contributed by atoms with Crippen molar-refractivity contribution in [1.29, 1.82) is 0 Å². The smallest absolute Gasteiger partial charge is 0.124 e. The average molecular weight is 178 g/mol. The topological polar surface area (TPSA) is 59.1 Å². The normalized spacial score (nSPS) is 10.9. The summed E-state index contributed by atoms with van der Waals surface area (Å²) in [5.41, 5.74) is 7.50. The van der Waals surface area contributed by atoms with Gasteiger partial charge < -0.3 is 10.8 Å². The van der Waals surface area contributed by atoms with E-state index in [0.717, 1.165) is 11.3 Å². The number of pyridine rings is 1. The summed E-state index contributed by atoms with van der Waals surface area (Å²) in [6.07, 6.45) is 4.39. The van der Waals surface area contributed by atoms with Gasteiger partial charge in [0.2, 0.25) is 0 Å². The summed E-state index contributed by atoms with van der Waals surface area (Å²) in [6, 6.07) is 3.77. The van der Waals surface area contributed by atoms with Crippen LogP contribution in [0.2, 0.25) is 0 Å². The molecule has 3 N–H and O–H groups in total. The van der Waals surface area contributed by atoms with Gasteiger partial charge in [-0.3, -0.25) is 0 Å². The molecule has 0 spiro atoms. The van der Waals surface area contributed by atoms with Crippen LogP contribution in [0.3, 0.4) is 0 Å². The van der Waals surface area contributed by atoms with Crippen LogP contribution in [-0.2, 0) is 0 Å². The second kappa shape index (κ2) is 4.62. The highest BCUT2D eigenvalue weighted by molar-refractivity contribution is 5.49. The van der Waals surface area contributed by atoms with Crippen molar-refractivity contribution in [2.75, 3.05) is 12.3 Å². The minimum atomic E-state index is 0.164. The minimum Gasteiger partial charge on any atom is -0.396 e. The molecule has 0 fully saturated rings. The summed E-state index contributed by atoms with van der Waals surface area (Å²) in [7, 11) is 0. The van der Waals surface area contributed by atoms with Gasteiger partial charge in [0.1, 0.15) is 5.82 Å². The lowest BCUT2D eigenvalue weighted by Crippen LogP contribution is -1.92. The second-order valence-electron chi connectivity index (χ2n) is 2.91. The van der Waals surface area contributed by atoms with E-state index >= 15 is 0 Å². The number of hydrogen-bond acceptors (Lipinski definition) is 3. The molecule has 70 valence electrons. The van der Waals surface area contributed by atoms with E-state index in [1.165, 1.54) is 0 Å². The fourth-order valence-corrected chi connectivity index (χ4v) is 1.09. The zero-order chi connectivity index (χ0) is 9.68. The Morgan fingerprint density at radius 1 is 1.54 bits per heavy atom. The van der Waals surface area contributed by atoms with Gasteiger partial charge in [-0.1, -0.05) is 6.08 Å². The molecule has 0 aromatic carbocycles. The summed E-state index contributed by atoms with van der Waals surface area (Å²) < 4.78 is 0. The first-order valence-electron chi connectivity index (χ1n) is 4.24. The number of nitrogens with two attached hydrogens (primary N) is 1. The van der Waals surface area contributed by atoms with Crippen LogP contribution in [0, 0.1) is 6.92 Å². The number of nitrogens with zero attached hydrogens (tertiary/aromatic N) is 1. The molecular formula is C10H14N2O. The number of aliphatic hydroxyl groups excluding tert-OH is 1. The van der Waals surface area contributed by atoms with Gasteiger partial charge in [-0.25, -0.2) is 4.98 Å². The highest BCUT2D eigenvalue weighted by Gasteiger charge is 1.92. The molecule has 1 rings (SSSR count). The standard InChI is InChI=1S/C10H14N2O/c1-8-6-9(4-2-3-5-13)12-10(11)7-8/h2,4,6-7,13H,3,5H2,1H3,(H2,11,12). The molecule has 0 aliphatic rings. The van der Waals surface area contributed by atoms with Crippen molar-refractivity contribution in [3.8, 4) is 0 Å². The first-order valence-corrected chi connectivity index (χ1v) is 4.24. The molecule has 3 nitrogen and oxygen atoms in total. The molecule has 1 aromatic rings. The average Bonchev–Trinajstić information content (AvgIpc) is 2.03. The Hall–Kier alpha value is -1.35. The number of aromatic nitrogens is 1. The third-order valence-electron chi connectivity index (χ3n) is 1.59. The molecule has 0 aliphatic heterocycles. The van der Waals surface area contributed by atoms with Gasteiger partial charge in [0.15, 0.2) is 0 Å². The lowest BCUT2D eigenvalue weighted by molar-refractivity contribution is 0.303. The molecule has 13 heavy (non-hydrogen) atoms. The molecule has 0 unspecified atom stereocenters. The number of aryl methyl sites for hydroxylation is 1. The first kappa shape index (κ1) is 9.74. The van der Waals surface area contributed by atoms with Crippen LogP contribution in [0.25, 0.3) is 6.08 Å². The quantitative estimate of drug-likeness (QED) is 0.734. The fourth-order valence-electron chi connectivity index (χ4n) is 1.09. The molecule has 0 saturated heterocycles. The molecular weight excluding hydrogens is 164 g/mol. The van der Waals surface area contributed by atoms with Crippen molar-refractivity contribution in [3.63, 3.8) is 0 Å². The van der Waals surface area contributed by atoms with Gasteiger partial charge >= 0.3 is 0 Å². The maximum atomic E-state index is 8.56. The number of aliphatic hydroxyl groups is 1. The van der Waals surface area contributed by atoms with Crippen LogP contribution in [0.1, 0.15) is 17.7 Å². The largest absolute Gasteiger partial charge is 0.396 e. The summed E-state index contributed by atoms with van der Waals surface area (Å²) in [5, 5.41) is 8.56. The van der Waals surface area contributed by atoms with Crippen molar-refractivity contribution >= 4 is 11.9 Å². The maximum absolute atomic E-state index is 8.56. The Morgan fingerprint density at radius 2 is 2.31 bits per heavy atom.